The van der Waals surface area contributed by atoms with Gasteiger partial charge < -0.3 is 9.80 Å². The van der Waals surface area contributed by atoms with Crippen molar-refractivity contribution in [3.05, 3.63) is 66.2 Å². The van der Waals surface area contributed by atoms with Gasteiger partial charge in [0.05, 0.1) is 23.6 Å². The summed E-state index contributed by atoms with van der Waals surface area (Å²) in [6.07, 6.45) is 0. The molecule has 32 heavy (non-hydrogen) atoms. The Balaban J connectivity index is 1.40. The molecule has 0 radical (unpaired) electrons. The van der Waals surface area contributed by atoms with Gasteiger partial charge in [0, 0.05) is 45.8 Å². The first-order valence-corrected chi connectivity index (χ1v) is 11.5. The summed E-state index contributed by atoms with van der Waals surface area (Å²) >= 11 is 0. The third-order valence-electron chi connectivity index (χ3n) is 6.99. The maximum Gasteiger partial charge on any atom is 0.247 e. The Hall–Kier alpha value is -2.74. The minimum absolute atomic E-state index is 0.0511. The van der Waals surface area contributed by atoms with Gasteiger partial charge in [0.15, 0.2) is 0 Å². The molecule has 3 saturated heterocycles. The van der Waals surface area contributed by atoms with Crippen LogP contribution in [0.3, 0.4) is 0 Å². The predicted octanol–water partition coefficient (Wildman–Crippen LogP) is 1.43. The fourth-order valence-corrected chi connectivity index (χ4v) is 5.17. The molecule has 0 aliphatic carbocycles. The molecule has 1 N–H and O–H groups in total. The van der Waals surface area contributed by atoms with E-state index in [0.717, 1.165) is 38.4 Å². The second kappa shape index (κ2) is 9.02. The SMILES string of the molecule is CN1CCN(C(=O)C2CN(Cc3ccccc3)CC3C(=O)N(c4ccccc4)NC23)CC1. The van der Waals surface area contributed by atoms with Gasteiger partial charge in [0.25, 0.3) is 0 Å². The van der Waals surface area contributed by atoms with Gasteiger partial charge in [-0.3, -0.25) is 14.5 Å². The number of likely N-dealkylation sites (tertiary alicyclic amines) is 1. The molecule has 2 amide bonds. The van der Waals surface area contributed by atoms with Crippen molar-refractivity contribution in [2.75, 3.05) is 51.3 Å². The molecule has 2 aromatic carbocycles. The van der Waals surface area contributed by atoms with Crippen LogP contribution in [0.15, 0.2) is 60.7 Å². The second-order valence-corrected chi connectivity index (χ2v) is 9.19. The number of benzene rings is 2. The quantitative estimate of drug-likeness (QED) is 0.791. The van der Waals surface area contributed by atoms with Crippen LogP contribution in [0.25, 0.3) is 0 Å². The molecule has 0 spiro atoms. The number of likely N-dealkylation sites (N-methyl/N-ethyl adjacent to an activating group) is 1. The largest absolute Gasteiger partial charge is 0.340 e. The number of rotatable bonds is 4. The highest BCUT2D eigenvalue weighted by Crippen LogP contribution is 2.33. The molecular formula is C25H31N5O2. The fraction of sp³-hybridized carbons (Fsp3) is 0.440. The van der Waals surface area contributed by atoms with Crippen molar-refractivity contribution in [3.8, 4) is 0 Å². The summed E-state index contributed by atoms with van der Waals surface area (Å²) in [5.74, 6) is -0.274. The Morgan fingerprint density at radius 3 is 2.28 bits per heavy atom. The normalized spacial score (nSPS) is 26.9. The number of hydrogen-bond donors (Lipinski definition) is 1. The lowest BCUT2D eigenvalue weighted by Crippen LogP contribution is -2.59. The molecule has 0 aromatic heterocycles. The molecule has 0 bridgehead atoms. The highest BCUT2D eigenvalue weighted by atomic mass is 16.2. The molecule has 0 saturated carbocycles. The Bertz CT molecular complexity index is 945. The number of nitrogens with one attached hydrogen (secondary N) is 1. The van der Waals surface area contributed by atoms with Crippen LogP contribution in [0.2, 0.25) is 0 Å². The molecule has 3 unspecified atom stereocenters. The number of piperidine rings is 1. The van der Waals surface area contributed by atoms with Crippen molar-refractivity contribution in [1.82, 2.24) is 20.1 Å². The number of hydrazine groups is 1. The van der Waals surface area contributed by atoms with E-state index in [9.17, 15) is 9.59 Å². The third kappa shape index (κ3) is 4.16. The molecule has 3 aliphatic rings. The summed E-state index contributed by atoms with van der Waals surface area (Å²) in [7, 11) is 2.09. The molecule has 3 aliphatic heterocycles. The molecular weight excluding hydrogens is 402 g/mol. The van der Waals surface area contributed by atoms with Gasteiger partial charge in [-0.25, -0.2) is 10.4 Å². The van der Waals surface area contributed by atoms with Gasteiger partial charge >= 0.3 is 0 Å². The second-order valence-electron chi connectivity index (χ2n) is 9.19. The maximum atomic E-state index is 13.7. The highest BCUT2D eigenvalue weighted by Gasteiger charge is 2.51. The zero-order chi connectivity index (χ0) is 22.1. The van der Waals surface area contributed by atoms with Crippen LogP contribution in [-0.4, -0.2) is 78.9 Å². The number of piperazine rings is 1. The van der Waals surface area contributed by atoms with Gasteiger partial charge in [-0.2, -0.15) is 0 Å². The van der Waals surface area contributed by atoms with Crippen molar-refractivity contribution in [3.63, 3.8) is 0 Å². The van der Waals surface area contributed by atoms with Crippen LogP contribution < -0.4 is 10.4 Å². The zero-order valence-electron chi connectivity index (χ0n) is 18.6. The van der Waals surface area contributed by atoms with Gasteiger partial charge in [-0.1, -0.05) is 48.5 Å². The van der Waals surface area contributed by atoms with Crippen LogP contribution in [0.1, 0.15) is 5.56 Å². The first-order chi connectivity index (χ1) is 15.6. The Morgan fingerprint density at radius 2 is 1.59 bits per heavy atom. The number of amides is 2. The minimum atomic E-state index is -0.251. The Morgan fingerprint density at radius 1 is 0.938 bits per heavy atom. The van der Waals surface area contributed by atoms with Crippen LogP contribution in [0.5, 0.6) is 0 Å². The molecule has 7 nitrogen and oxygen atoms in total. The number of hydrogen-bond acceptors (Lipinski definition) is 5. The molecule has 7 heteroatoms. The van der Waals surface area contributed by atoms with E-state index in [1.807, 2.05) is 53.4 Å². The fourth-order valence-electron chi connectivity index (χ4n) is 5.17. The lowest BCUT2D eigenvalue weighted by Gasteiger charge is -2.42. The van der Waals surface area contributed by atoms with Gasteiger partial charge in [0.2, 0.25) is 11.8 Å². The van der Waals surface area contributed by atoms with Gasteiger partial charge in [0.1, 0.15) is 0 Å². The number of para-hydroxylation sites is 1. The first-order valence-electron chi connectivity index (χ1n) is 11.5. The van der Waals surface area contributed by atoms with E-state index in [1.165, 1.54) is 5.56 Å². The summed E-state index contributed by atoms with van der Waals surface area (Å²) in [5, 5.41) is 1.66. The smallest absolute Gasteiger partial charge is 0.247 e. The standard InChI is InChI=1S/C25H31N5O2/c1-27-12-14-29(15-13-27)24(31)21-17-28(16-19-8-4-2-5-9-19)18-22-23(21)26-30(25(22)32)20-10-6-3-7-11-20/h2-11,21-23,26H,12-18H2,1H3. The summed E-state index contributed by atoms with van der Waals surface area (Å²) < 4.78 is 0. The van der Waals surface area contributed by atoms with Gasteiger partial charge in [-0.05, 0) is 24.7 Å². The van der Waals surface area contributed by atoms with Crippen LogP contribution >= 0.6 is 0 Å². The Kier molecular flexibility index (Phi) is 5.95. The number of carbonyl (C=O) groups excluding carboxylic acids is 2. The van der Waals surface area contributed by atoms with Crippen molar-refractivity contribution in [2.45, 2.75) is 12.6 Å². The van der Waals surface area contributed by atoms with Crippen LogP contribution in [0, 0.1) is 11.8 Å². The lowest BCUT2D eigenvalue weighted by atomic mass is 9.83. The maximum absolute atomic E-state index is 13.7. The van der Waals surface area contributed by atoms with E-state index in [-0.39, 0.29) is 29.7 Å². The van der Waals surface area contributed by atoms with E-state index < -0.39 is 0 Å². The topological polar surface area (TPSA) is 59.1 Å². The van der Waals surface area contributed by atoms with E-state index >= 15 is 0 Å². The predicted molar refractivity (Wildman–Crippen MR) is 124 cm³/mol. The van der Waals surface area contributed by atoms with E-state index in [4.69, 9.17) is 0 Å². The highest BCUT2D eigenvalue weighted by molar-refractivity contribution is 5.98. The first kappa shape index (κ1) is 21.1. The summed E-state index contributed by atoms with van der Waals surface area (Å²) in [6, 6.07) is 19.8. The number of anilines is 1. The van der Waals surface area contributed by atoms with Crippen LogP contribution in [-0.2, 0) is 16.1 Å². The molecule has 5 rings (SSSR count). The molecule has 2 aromatic rings. The monoisotopic (exact) mass is 433 g/mol. The molecule has 3 atom stereocenters. The minimum Gasteiger partial charge on any atom is -0.340 e. The van der Waals surface area contributed by atoms with Crippen molar-refractivity contribution in [2.24, 2.45) is 11.8 Å². The molecule has 3 heterocycles. The zero-order valence-corrected chi connectivity index (χ0v) is 18.6. The van der Waals surface area contributed by atoms with Gasteiger partial charge in [-0.15, -0.1) is 0 Å². The summed E-state index contributed by atoms with van der Waals surface area (Å²) in [5.41, 5.74) is 5.45. The Labute approximate surface area is 189 Å². The van der Waals surface area contributed by atoms with E-state index in [1.54, 1.807) is 5.01 Å². The lowest BCUT2D eigenvalue weighted by molar-refractivity contribution is -0.141. The average molecular weight is 434 g/mol. The number of nitrogens with zero attached hydrogens (tertiary/aromatic N) is 4. The number of carbonyl (C=O) groups is 2. The summed E-state index contributed by atoms with van der Waals surface area (Å²) in [6.45, 7) is 5.34. The van der Waals surface area contributed by atoms with Crippen molar-refractivity contribution < 1.29 is 9.59 Å². The van der Waals surface area contributed by atoms with Crippen molar-refractivity contribution in [1.29, 1.82) is 0 Å². The van der Waals surface area contributed by atoms with E-state index in [0.29, 0.717) is 13.1 Å². The summed E-state index contributed by atoms with van der Waals surface area (Å²) in [4.78, 5) is 33.6. The van der Waals surface area contributed by atoms with E-state index in [2.05, 4.69) is 34.4 Å². The number of fused-ring (bicyclic) bond motifs is 1. The third-order valence-corrected chi connectivity index (χ3v) is 6.99. The molecule has 3 fully saturated rings. The molecule has 168 valence electrons. The average Bonchev–Trinajstić information content (AvgIpc) is 3.16. The van der Waals surface area contributed by atoms with Crippen molar-refractivity contribution >= 4 is 17.5 Å². The van der Waals surface area contributed by atoms with Crippen LogP contribution in [0.4, 0.5) is 5.69 Å².